The largest absolute Gasteiger partial charge is 0.507 e. The van der Waals surface area contributed by atoms with E-state index in [1.807, 2.05) is 30.5 Å². The summed E-state index contributed by atoms with van der Waals surface area (Å²) >= 11 is 1.39. The van der Waals surface area contributed by atoms with Crippen LogP contribution in [0.5, 0.6) is 5.75 Å². The number of phenolic OH excluding ortho intramolecular Hbond substituents is 1. The van der Waals surface area contributed by atoms with E-state index >= 15 is 0 Å². The topological polar surface area (TPSA) is 92.0 Å². The summed E-state index contributed by atoms with van der Waals surface area (Å²) in [7, 11) is 0. The standard InChI is InChI=1S/C18H15N3O2S/c1-9(19)12-3-2-10(8-20-12)15-14(22)5-4-13-16(15)11-6-7-24-17(11)18(23)21-13/h2-9,22H,19H2,1H3,(H,21,23). The van der Waals surface area contributed by atoms with Crippen molar-refractivity contribution in [2.75, 3.05) is 0 Å². The molecule has 0 radical (unpaired) electrons. The summed E-state index contributed by atoms with van der Waals surface area (Å²) in [5.41, 5.74) is 8.65. The lowest BCUT2D eigenvalue weighted by molar-refractivity contribution is 0.478. The van der Waals surface area contributed by atoms with E-state index in [2.05, 4.69) is 9.97 Å². The zero-order valence-electron chi connectivity index (χ0n) is 12.9. The highest BCUT2D eigenvalue weighted by Crippen LogP contribution is 2.39. The maximum atomic E-state index is 12.2. The monoisotopic (exact) mass is 337 g/mol. The van der Waals surface area contributed by atoms with E-state index < -0.39 is 0 Å². The molecule has 24 heavy (non-hydrogen) atoms. The predicted molar refractivity (Wildman–Crippen MR) is 97.4 cm³/mol. The lowest BCUT2D eigenvalue weighted by Crippen LogP contribution is -2.07. The second kappa shape index (κ2) is 5.43. The molecule has 0 fully saturated rings. The fraction of sp³-hybridized carbons (Fsp3) is 0.111. The molecule has 4 rings (SSSR count). The van der Waals surface area contributed by atoms with E-state index in [1.165, 1.54) is 11.3 Å². The third-order valence-corrected chi connectivity index (χ3v) is 5.03. The zero-order valence-corrected chi connectivity index (χ0v) is 13.7. The normalized spacial score (nSPS) is 12.8. The molecule has 0 aliphatic rings. The van der Waals surface area contributed by atoms with Gasteiger partial charge in [-0.15, -0.1) is 11.3 Å². The highest BCUT2D eigenvalue weighted by Gasteiger charge is 2.15. The smallest absolute Gasteiger partial charge is 0.266 e. The fourth-order valence-electron chi connectivity index (χ4n) is 2.95. The lowest BCUT2D eigenvalue weighted by atomic mass is 9.98. The Kier molecular flexibility index (Phi) is 3.37. The number of rotatable bonds is 2. The van der Waals surface area contributed by atoms with Gasteiger partial charge in [-0.1, -0.05) is 6.07 Å². The number of H-pyrrole nitrogens is 1. The van der Waals surface area contributed by atoms with Gasteiger partial charge in [0.25, 0.3) is 5.56 Å². The van der Waals surface area contributed by atoms with Gasteiger partial charge in [0.15, 0.2) is 0 Å². The van der Waals surface area contributed by atoms with Crippen LogP contribution in [-0.4, -0.2) is 15.1 Å². The Morgan fingerprint density at radius 2 is 2.08 bits per heavy atom. The van der Waals surface area contributed by atoms with E-state index in [0.29, 0.717) is 15.8 Å². The minimum absolute atomic E-state index is 0.116. The number of nitrogens with two attached hydrogens (primary N) is 1. The number of phenols is 1. The number of pyridine rings is 2. The highest BCUT2D eigenvalue weighted by atomic mass is 32.1. The van der Waals surface area contributed by atoms with E-state index in [0.717, 1.165) is 22.0 Å². The first-order valence-electron chi connectivity index (χ1n) is 7.53. The molecule has 4 N–H and O–H groups in total. The SMILES string of the molecule is CC(N)c1ccc(-c2c(O)ccc3[nH]c(=O)c4sccc4c23)cn1. The number of aromatic nitrogens is 2. The number of thiophene rings is 1. The van der Waals surface area contributed by atoms with Gasteiger partial charge in [0.1, 0.15) is 10.4 Å². The molecule has 0 bridgehead atoms. The van der Waals surface area contributed by atoms with Crippen molar-refractivity contribution in [1.29, 1.82) is 0 Å². The second-order valence-corrected chi connectivity index (χ2v) is 6.68. The van der Waals surface area contributed by atoms with Crippen molar-refractivity contribution < 1.29 is 5.11 Å². The van der Waals surface area contributed by atoms with Crippen LogP contribution in [0.3, 0.4) is 0 Å². The Morgan fingerprint density at radius 1 is 1.25 bits per heavy atom. The Labute approximate surface area is 141 Å². The van der Waals surface area contributed by atoms with E-state index in [-0.39, 0.29) is 17.4 Å². The van der Waals surface area contributed by atoms with Crippen LogP contribution in [0.25, 0.3) is 32.1 Å². The first-order chi connectivity index (χ1) is 11.6. The summed E-state index contributed by atoms with van der Waals surface area (Å²) in [5.74, 6) is 0.150. The van der Waals surface area contributed by atoms with Gasteiger partial charge in [0, 0.05) is 39.7 Å². The van der Waals surface area contributed by atoms with Crippen LogP contribution in [0.1, 0.15) is 18.7 Å². The maximum absolute atomic E-state index is 12.2. The van der Waals surface area contributed by atoms with E-state index in [9.17, 15) is 9.90 Å². The molecule has 3 heterocycles. The Bertz CT molecular complexity index is 1110. The molecule has 1 unspecified atom stereocenters. The number of benzene rings is 1. The summed E-state index contributed by atoms with van der Waals surface area (Å²) in [6, 6.07) is 8.81. The average molecular weight is 337 g/mol. The van der Waals surface area contributed by atoms with Gasteiger partial charge >= 0.3 is 0 Å². The number of hydrogen-bond donors (Lipinski definition) is 3. The molecule has 1 atom stereocenters. The van der Waals surface area contributed by atoms with Gasteiger partial charge < -0.3 is 15.8 Å². The molecule has 0 aliphatic heterocycles. The quantitative estimate of drug-likeness (QED) is 0.522. The predicted octanol–water partition coefficient (Wildman–Crippen LogP) is 3.53. The molecule has 0 saturated heterocycles. The van der Waals surface area contributed by atoms with Gasteiger partial charge in [-0.2, -0.15) is 0 Å². The van der Waals surface area contributed by atoms with Crippen LogP contribution >= 0.6 is 11.3 Å². The van der Waals surface area contributed by atoms with Crippen LogP contribution in [0.2, 0.25) is 0 Å². The highest BCUT2D eigenvalue weighted by molar-refractivity contribution is 7.17. The lowest BCUT2D eigenvalue weighted by Gasteiger charge is -2.11. The van der Waals surface area contributed by atoms with Crippen molar-refractivity contribution >= 4 is 32.3 Å². The van der Waals surface area contributed by atoms with E-state index in [4.69, 9.17) is 5.73 Å². The van der Waals surface area contributed by atoms with Crippen LogP contribution in [0.4, 0.5) is 0 Å². The molecule has 6 heteroatoms. The van der Waals surface area contributed by atoms with Gasteiger partial charge in [-0.3, -0.25) is 9.78 Å². The Morgan fingerprint density at radius 3 is 2.79 bits per heavy atom. The van der Waals surface area contributed by atoms with Crippen LogP contribution in [0.15, 0.2) is 46.7 Å². The number of nitrogens with one attached hydrogen (secondary N) is 1. The molecule has 0 spiro atoms. The number of aromatic hydroxyl groups is 1. The molecule has 5 nitrogen and oxygen atoms in total. The molecule has 1 aromatic carbocycles. The first kappa shape index (κ1) is 14.9. The average Bonchev–Trinajstić information content (AvgIpc) is 3.06. The molecule has 0 aliphatic carbocycles. The molecule has 120 valence electrons. The third-order valence-electron chi connectivity index (χ3n) is 4.11. The van der Waals surface area contributed by atoms with Gasteiger partial charge in [-0.05, 0) is 36.6 Å². The molecular weight excluding hydrogens is 322 g/mol. The van der Waals surface area contributed by atoms with E-state index in [1.54, 1.807) is 18.3 Å². The van der Waals surface area contributed by atoms with Crippen LogP contribution in [-0.2, 0) is 0 Å². The van der Waals surface area contributed by atoms with Crippen LogP contribution in [0, 0.1) is 0 Å². The van der Waals surface area contributed by atoms with Crippen LogP contribution < -0.4 is 11.3 Å². The molecule has 4 aromatic rings. The minimum Gasteiger partial charge on any atom is -0.507 e. The van der Waals surface area contributed by atoms with Gasteiger partial charge in [0.2, 0.25) is 0 Å². The number of nitrogens with zero attached hydrogens (tertiary/aromatic N) is 1. The second-order valence-electron chi connectivity index (χ2n) is 5.76. The maximum Gasteiger partial charge on any atom is 0.266 e. The van der Waals surface area contributed by atoms with Crippen molar-refractivity contribution in [3.8, 4) is 16.9 Å². The molecule has 0 saturated carbocycles. The zero-order chi connectivity index (χ0) is 16.8. The first-order valence-corrected chi connectivity index (χ1v) is 8.41. The number of hydrogen-bond acceptors (Lipinski definition) is 5. The van der Waals surface area contributed by atoms with Gasteiger partial charge in [-0.25, -0.2) is 0 Å². The molecular formula is C18H15N3O2S. The van der Waals surface area contributed by atoms with Crippen molar-refractivity contribution in [2.45, 2.75) is 13.0 Å². The fourth-order valence-corrected chi connectivity index (χ4v) is 3.75. The number of aromatic amines is 1. The van der Waals surface area contributed by atoms with Crippen molar-refractivity contribution in [3.63, 3.8) is 0 Å². The summed E-state index contributed by atoms with van der Waals surface area (Å²) in [6.45, 7) is 1.87. The molecule has 0 amide bonds. The Balaban J connectivity index is 2.09. The minimum atomic E-state index is -0.153. The van der Waals surface area contributed by atoms with Gasteiger partial charge in [0.05, 0.1) is 5.69 Å². The van der Waals surface area contributed by atoms with Crippen molar-refractivity contribution in [2.24, 2.45) is 5.73 Å². The molecule has 3 aromatic heterocycles. The summed E-state index contributed by atoms with van der Waals surface area (Å²) in [4.78, 5) is 19.4. The van der Waals surface area contributed by atoms with Crippen molar-refractivity contribution in [1.82, 2.24) is 9.97 Å². The third kappa shape index (κ3) is 2.19. The summed E-state index contributed by atoms with van der Waals surface area (Å²) in [6.07, 6.45) is 1.70. The summed E-state index contributed by atoms with van der Waals surface area (Å²) in [5, 5.41) is 14.0. The Hall–Kier alpha value is -2.70. The van der Waals surface area contributed by atoms with Crippen molar-refractivity contribution in [3.05, 3.63) is 58.0 Å². The number of fused-ring (bicyclic) bond motifs is 3. The summed E-state index contributed by atoms with van der Waals surface area (Å²) < 4.78 is 0.648.